The second-order valence-corrected chi connectivity index (χ2v) is 4.23. The molecule has 0 N–H and O–H groups in total. The summed E-state index contributed by atoms with van der Waals surface area (Å²) in [7, 11) is 0. The smallest absolute Gasteiger partial charge is 0.270 e. The minimum absolute atomic E-state index is 0.262. The lowest BCUT2D eigenvalue weighted by atomic mass is 10.2. The molecule has 0 radical (unpaired) electrons. The van der Waals surface area contributed by atoms with E-state index in [0.717, 1.165) is 37.9 Å². The topological polar surface area (TPSA) is 48.0 Å². The molecule has 0 saturated carbocycles. The summed E-state index contributed by atoms with van der Waals surface area (Å²) in [6.07, 6.45) is 5.20. The molecule has 0 amide bonds. The van der Waals surface area contributed by atoms with Crippen molar-refractivity contribution < 1.29 is 9.36 Å². The van der Waals surface area contributed by atoms with Crippen LogP contribution in [0.5, 0.6) is 0 Å². The van der Waals surface area contributed by atoms with Crippen LogP contribution in [0.1, 0.15) is 24.7 Å². The molecule has 4 heteroatoms. The van der Waals surface area contributed by atoms with Crippen LogP contribution in [0.3, 0.4) is 0 Å². The number of nitriles is 1. The van der Waals surface area contributed by atoms with E-state index in [9.17, 15) is 4.79 Å². The fourth-order valence-electron chi connectivity index (χ4n) is 2.31. The molecule has 1 aliphatic rings. The van der Waals surface area contributed by atoms with Gasteiger partial charge in [0.25, 0.3) is 6.17 Å². The van der Waals surface area contributed by atoms with Crippen LogP contribution in [-0.2, 0) is 11.2 Å². The number of pyridine rings is 1. The highest BCUT2D eigenvalue weighted by Gasteiger charge is 2.30. The third kappa shape index (κ3) is 2.51. The number of nitrogens with zero attached hydrogens (tertiary/aromatic N) is 3. The lowest BCUT2D eigenvalue weighted by Crippen LogP contribution is -2.52. The van der Waals surface area contributed by atoms with Crippen molar-refractivity contribution >= 4 is 6.29 Å². The van der Waals surface area contributed by atoms with Crippen molar-refractivity contribution in [3.63, 3.8) is 0 Å². The highest BCUT2D eigenvalue weighted by atomic mass is 16.1. The minimum Gasteiger partial charge on any atom is -0.294 e. The zero-order valence-corrected chi connectivity index (χ0v) is 9.75. The Balaban J connectivity index is 2.29. The Morgan fingerprint density at radius 3 is 2.88 bits per heavy atom. The maximum atomic E-state index is 11.3. The zero-order valence-electron chi connectivity index (χ0n) is 9.75. The summed E-state index contributed by atoms with van der Waals surface area (Å²) in [5.41, 5.74) is 0.888. The second kappa shape index (κ2) is 5.55. The summed E-state index contributed by atoms with van der Waals surface area (Å²) in [5.74, 6) is 0. The molecule has 0 spiro atoms. The van der Waals surface area contributed by atoms with Gasteiger partial charge in [0, 0.05) is 25.2 Å². The molecule has 1 aromatic heterocycles. The van der Waals surface area contributed by atoms with Crippen LogP contribution in [0.4, 0.5) is 0 Å². The number of aromatic nitrogens is 1. The van der Waals surface area contributed by atoms with Crippen molar-refractivity contribution in [3.05, 3.63) is 30.1 Å². The van der Waals surface area contributed by atoms with Crippen LogP contribution in [0.2, 0.25) is 0 Å². The highest BCUT2D eigenvalue weighted by Crippen LogP contribution is 2.14. The molecule has 2 heterocycles. The van der Waals surface area contributed by atoms with Gasteiger partial charge < -0.3 is 0 Å². The molecular weight excluding hydrogens is 214 g/mol. The standard InChI is InChI=1S/C13H16N3O/c14-7-6-12-5-1-2-10-16(12)13(11-17)15-8-3-4-9-15/h1-2,5,10-11,13H,3-4,6,8-9H2/q+1. The second-order valence-electron chi connectivity index (χ2n) is 4.23. The van der Waals surface area contributed by atoms with E-state index in [0.29, 0.717) is 6.42 Å². The fraction of sp³-hybridized carbons (Fsp3) is 0.462. The van der Waals surface area contributed by atoms with E-state index in [-0.39, 0.29) is 6.17 Å². The quantitative estimate of drug-likeness (QED) is 0.568. The normalized spacial score (nSPS) is 17.6. The molecule has 0 aliphatic carbocycles. The molecule has 1 atom stereocenters. The predicted octanol–water partition coefficient (Wildman–Crippen LogP) is 0.833. The Bertz CT molecular complexity index is 433. The van der Waals surface area contributed by atoms with E-state index in [1.807, 2.05) is 29.0 Å². The predicted molar refractivity (Wildman–Crippen MR) is 61.9 cm³/mol. The van der Waals surface area contributed by atoms with E-state index in [4.69, 9.17) is 5.26 Å². The maximum Gasteiger partial charge on any atom is 0.270 e. The first kappa shape index (κ1) is 11.7. The van der Waals surface area contributed by atoms with Crippen molar-refractivity contribution in [1.82, 2.24) is 4.90 Å². The molecule has 2 rings (SSSR count). The van der Waals surface area contributed by atoms with Gasteiger partial charge in [0.2, 0.25) is 6.29 Å². The first-order valence-corrected chi connectivity index (χ1v) is 5.92. The monoisotopic (exact) mass is 230 g/mol. The van der Waals surface area contributed by atoms with Gasteiger partial charge in [-0.15, -0.1) is 0 Å². The first-order valence-electron chi connectivity index (χ1n) is 5.92. The average molecular weight is 230 g/mol. The SMILES string of the molecule is N#CCc1cccc[n+]1C(C=O)N1CCCC1. The van der Waals surface area contributed by atoms with Crippen LogP contribution < -0.4 is 4.57 Å². The fourth-order valence-corrected chi connectivity index (χ4v) is 2.31. The zero-order chi connectivity index (χ0) is 12.1. The number of aldehydes is 1. The molecule has 88 valence electrons. The van der Waals surface area contributed by atoms with Crippen LogP contribution in [0.15, 0.2) is 24.4 Å². The summed E-state index contributed by atoms with van der Waals surface area (Å²) >= 11 is 0. The molecule has 1 fully saturated rings. The molecule has 1 aliphatic heterocycles. The Morgan fingerprint density at radius 2 is 2.24 bits per heavy atom. The van der Waals surface area contributed by atoms with Crippen molar-refractivity contribution in [2.75, 3.05) is 13.1 Å². The van der Waals surface area contributed by atoms with E-state index in [1.54, 1.807) is 0 Å². The summed E-state index contributed by atoms with van der Waals surface area (Å²) in [5, 5.41) is 8.80. The maximum absolute atomic E-state index is 11.3. The number of likely N-dealkylation sites (tertiary alicyclic amines) is 1. The Hall–Kier alpha value is -1.73. The summed E-state index contributed by atoms with van der Waals surface area (Å²) in [6, 6.07) is 7.83. The Labute approximate surface area is 101 Å². The minimum atomic E-state index is -0.262. The van der Waals surface area contributed by atoms with Gasteiger partial charge in [-0.3, -0.25) is 4.79 Å². The molecule has 1 unspecified atom stereocenters. The van der Waals surface area contributed by atoms with Gasteiger partial charge >= 0.3 is 0 Å². The molecule has 1 saturated heterocycles. The Morgan fingerprint density at radius 1 is 1.47 bits per heavy atom. The lowest BCUT2D eigenvalue weighted by molar-refractivity contribution is -0.732. The van der Waals surface area contributed by atoms with Gasteiger partial charge in [0.1, 0.15) is 6.42 Å². The lowest BCUT2D eigenvalue weighted by Gasteiger charge is -2.18. The number of carbonyl (C=O) groups is 1. The third-order valence-electron chi connectivity index (χ3n) is 3.16. The van der Waals surface area contributed by atoms with Crippen LogP contribution >= 0.6 is 0 Å². The van der Waals surface area contributed by atoms with Crippen LogP contribution in [-0.4, -0.2) is 24.3 Å². The van der Waals surface area contributed by atoms with Gasteiger partial charge in [-0.1, -0.05) is 6.07 Å². The van der Waals surface area contributed by atoms with E-state index in [2.05, 4.69) is 11.0 Å². The van der Waals surface area contributed by atoms with Crippen molar-refractivity contribution in [1.29, 1.82) is 5.26 Å². The molecule has 0 bridgehead atoms. The third-order valence-corrected chi connectivity index (χ3v) is 3.16. The molecule has 4 nitrogen and oxygen atoms in total. The average Bonchev–Trinajstić information content (AvgIpc) is 2.86. The number of carbonyl (C=O) groups excluding carboxylic acids is 1. The first-order chi connectivity index (χ1) is 8.36. The van der Waals surface area contributed by atoms with Crippen LogP contribution in [0.25, 0.3) is 0 Å². The van der Waals surface area contributed by atoms with Gasteiger partial charge in [0.05, 0.1) is 6.07 Å². The van der Waals surface area contributed by atoms with Crippen molar-refractivity contribution in [2.24, 2.45) is 0 Å². The highest BCUT2D eigenvalue weighted by molar-refractivity contribution is 5.52. The summed E-state index contributed by atoms with van der Waals surface area (Å²) in [6.45, 7) is 1.91. The molecule has 17 heavy (non-hydrogen) atoms. The number of hydrogen-bond donors (Lipinski definition) is 0. The van der Waals surface area contributed by atoms with E-state index >= 15 is 0 Å². The van der Waals surface area contributed by atoms with Crippen molar-refractivity contribution in [2.45, 2.75) is 25.4 Å². The van der Waals surface area contributed by atoms with Gasteiger partial charge in [-0.2, -0.15) is 9.83 Å². The van der Waals surface area contributed by atoms with Gasteiger partial charge in [-0.05, 0) is 12.8 Å². The largest absolute Gasteiger partial charge is 0.294 e. The van der Waals surface area contributed by atoms with Gasteiger partial charge in [0.15, 0.2) is 11.9 Å². The van der Waals surface area contributed by atoms with Crippen LogP contribution in [0, 0.1) is 11.3 Å². The molecule has 0 aromatic carbocycles. The molecular formula is C13H16N3O+. The number of rotatable bonds is 4. The summed E-state index contributed by atoms with van der Waals surface area (Å²) in [4.78, 5) is 13.5. The van der Waals surface area contributed by atoms with E-state index in [1.165, 1.54) is 0 Å². The van der Waals surface area contributed by atoms with E-state index < -0.39 is 0 Å². The van der Waals surface area contributed by atoms with Crippen molar-refractivity contribution in [3.8, 4) is 6.07 Å². The summed E-state index contributed by atoms with van der Waals surface area (Å²) < 4.78 is 1.90. The van der Waals surface area contributed by atoms with Gasteiger partial charge in [-0.25, -0.2) is 4.90 Å². The molecule has 1 aromatic rings. The number of hydrogen-bond acceptors (Lipinski definition) is 3. The Kier molecular flexibility index (Phi) is 3.84.